The number of hydrogen-bond acceptors (Lipinski definition) is 4. The fourth-order valence-corrected chi connectivity index (χ4v) is 1.21. The van der Waals surface area contributed by atoms with Crippen LogP contribution in [0.5, 0.6) is 0 Å². The quantitative estimate of drug-likeness (QED) is 0.328. The lowest BCUT2D eigenvalue weighted by Gasteiger charge is -2.07. The number of benzene rings is 1. The summed E-state index contributed by atoms with van der Waals surface area (Å²) in [6.45, 7) is 5.64. The highest BCUT2D eigenvalue weighted by molar-refractivity contribution is 5.98. The summed E-state index contributed by atoms with van der Waals surface area (Å²) in [7, 11) is 0. The van der Waals surface area contributed by atoms with Crippen molar-refractivity contribution in [1.29, 1.82) is 0 Å². The van der Waals surface area contributed by atoms with Crippen LogP contribution in [0.1, 0.15) is 27.6 Å². The van der Waals surface area contributed by atoms with Gasteiger partial charge in [0.05, 0.1) is 11.3 Å². The molecule has 0 aliphatic carbocycles. The van der Waals surface area contributed by atoms with E-state index in [0.717, 1.165) is 0 Å². The van der Waals surface area contributed by atoms with Crippen LogP contribution < -0.4 is 0 Å². The highest BCUT2D eigenvalue weighted by atomic mass is 16.6. The Kier molecular flexibility index (Phi) is 4.94. The number of ether oxygens (including phenoxy) is 2. The molecule has 0 aromatic heterocycles. The molecule has 0 aliphatic rings. The Morgan fingerprint density at radius 3 is 2.59 bits per heavy atom. The fourth-order valence-electron chi connectivity index (χ4n) is 1.21. The highest BCUT2D eigenvalue weighted by Crippen LogP contribution is 2.07. The Morgan fingerprint density at radius 2 is 1.94 bits per heavy atom. The molecule has 4 heteroatoms. The highest BCUT2D eigenvalue weighted by Gasteiger charge is 2.11. The van der Waals surface area contributed by atoms with Crippen molar-refractivity contribution in [3.8, 4) is 0 Å². The standard InChI is InChI=1S/C13H14O4/c1-10(2)16-7-8-17-13(15)12-6-4-3-5-11(12)9-14/h3-6,9H,1,7-8H2,2H3. The van der Waals surface area contributed by atoms with E-state index in [-0.39, 0.29) is 18.8 Å². The average Bonchev–Trinajstić information content (AvgIpc) is 2.34. The predicted molar refractivity (Wildman–Crippen MR) is 62.9 cm³/mol. The topological polar surface area (TPSA) is 52.6 Å². The minimum atomic E-state index is -0.530. The first kappa shape index (κ1) is 13.0. The molecular weight excluding hydrogens is 220 g/mol. The first-order valence-corrected chi connectivity index (χ1v) is 5.15. The number of rotatable bonds is 6. The molecule has 0 amide bonds. The van der Waals surface area contributed by atoms with Gasteiger partial charge in [-0.3, -0.25) is 4.79 Å². The third-order valence-electron chi connectivity index (χ3n) is 1.97. The summed E-state index contributed by atoms with van der Waals surface area (Å²) >= 11 is 0. The van der Waals surface area contributed by atoms with Crippen molar-refractivity contribution in [1.82, 2.24) is 0 Å². The van der Waals surface area contributed by atoms with E-state index >= 15 is 0 Å². The lowest BCUT2D eigenvalue weighted by molar-refractivity contribution is 0.0400. The second-order valence-electron chi connectivity index (χ2n) is 3.39. The summed E-state index contributed by atoms with van der Waals surface area (Å²) in [5.41, 5.74) is 0.580. The second-order valence-corrected chi connectivity index (χ2v) is 3.39. The van der Waals surface area contributed by atoms with Crippen LogP contribution in [0.15, 0.2) is 36.6 Å². The van der Waals surface area contributed by atoms with Crippen molar-refractivity contribution in [2.24, 2.45) is 0 Å². The third-order valence-corrected chi connectivity index (χ3v) is 1.97. The van der Waals surface area contributed by atoms with Gasteiger partial charge in [-0.05, 0) is 13.0 Å². The molecule has 0 N–H and O–H groups in total. The number of aldehydes is 1. The van der Waals surface area contributed by atoms with Crippen molar-refractivity contribution in [2.45, 2.75) is 6.92 Å². The maximum absolute atomic E-state index is 11.6. The van der Waals surface area contributed by atoms with Crippen LogP contribution in [-0.2, 0) is 9.47 Å². The summed E-state index contributed by atoms with van der Waals surface area (Å²) < 4.78 is 10.0. The van der Waals surface area contributed by atoms with Crippen molar-refractivity contribution in [2.75, 3.05) is 13.2 Å². The third kappa shape index (κ3) is 4.10. The Morgan fingerprint density at radius 1 is 1.29 bits per heavy atom. The maximum atomic E-state index is 11.6. The summed E-state index contributed by atoms with van der Waals surface area (Å²) in [5.74, 6) is 0.0346. The molecule has 1 aromatic rings. The van der Waals surface area contributed by atoms with Gasteiger partial charge in [0.2, 0.25) is 0 Å². The molecule has 0 spiro atoms. The van der Waals surface area contributed by atoms with E-state index in [1.807, 2.05) is 0 Å². The van der Waals surface area contributed by atoms with Crippen molar-refractivity contribution in [3.63, 3.8) is 0 Å². The summed E-state index contributed by atoms with van der Waals surface area (Å²) in [4.78, 5) is 22.3. The first-order chi connectivity index (χ1) is 8.15. The number of carbonyl (C=O) groups is 2. The van der Waals surface area contributed by atoms with Crippen LogP contribution in [-0.4, -0.2) is 25.5 Å². The van der Waals surface area contributed by atoms with Gasteiger partial charge in [-0.1, -0.05) is 24.8 Å². The molecule has 0 saturated carbocycles. The van der Waals surface area contributed by atoms with Crippen molar-refractivity contribution >= 4 is 12.3 Å². The van der Waals surface area contributed by atoms with Crippen molar-refractivity contribution < 1.29 is 19.1 Å². The molecule has 0 heterocycles. The van der Waals surface area contributed by atoms with Gasteiger partial charge in [0.1, 0.15) is 13.2 Å². The van der Waals surface area contributed by atoms with E-state index in [0.29, 0.717) is 17.6 Å². The Labute approximate surface area is 99.8 Å². The van der Waals surface area contributed by atoms with Crippen LogP contribution in [0.2, 0.25) is 0 Å². The second kappa shape index (κ2) is 6.48. The summed E-state index contributed by atoms with van der Waals surface area (Å²) in [5, 5.41) is 0. The lowest BCUT2D eigenvalue weighted by Crippen LogP contribution is -2.12. The van der Waals surface area contributed by atoms with Gasteiger partial charge in [0, 0.05) is 5.56 Å². The minimum absolute atomic E-state index is 0.124. The molecule has 90 valence electrons. The molecule has 0 bridgehead atoms. The molecule has 0 saturated heterocycles. The van der Waals surface area contributed by atoms with E-state index in [1.54, 1.807) is 31.2 Å². The molecule has 1 aromatic carbocycles. The Hall–Kier alpha value is -2.10. The molecule has 0 unspecified atom stereocenters. The molecule has 17 heavy (non-hydrogen) atoms. The maximum Gasteiger partial charge on any atom is 0.338 e. The van der Waals surface area contributed by atoms with Gasteiger partial charge in [0.15, 0.2) is 6.29 Å². The van der Waals surface area contributed by atoms with Crippen LogP contribution in [0.3, 0.4) is 0 Å². The Bertz CT molecular complexity index is 423. The zero-order valence-corrected chi connectivity index (χ0v) is 9.64. The molecule has 0 radical (unpaired) electrons. The molecule has 4 nitrogen and oxygen atoms in total. The van der Waals surface area contributed by atoms with E-state index in [4.69, 9.17) is 9.47 Å². The lowest BCUT2D eigenvalue weighted by atomic mass is 10.1. The van der Waals surface area contributed by atoms with Crippen LogP contribution >= 0.6 is 0 Å². The van der Waals surface area contributed by atoms with Crippen LogP contribution in [0, 0.1) is 0 Å². The van der Waals surface area contributed by atoms with Gasteiger partial charge in [0.25, 0.3) is 0 Å². The zero-order valence-electron chi connectivity index (χ0n) is 9.64. The molecular formula is C13H14O4. The fraction of sp³-hybridized carbons (Fsp3) is 0.231. The normalized spacial score (nSPS) is 9.47. The Balaban J connectivity index is 2.52. The largest absolute Gasteiger partial charge is 0.495 e. The molecule has 0 aliphatic heterocycles. The van der Waals surface area contributed by atoms with Gasteiger partial charge >= 0.3 is 5.97 Å². The average molecular weight is 234 g/mol. The van der Waals surface area contributed by atoms with E-state index in [1.165, 1.54) is 0 Å². The monoisotopic (exact) mass is 234 g/mol. The van der Waals surface area contributed by atoms with Gasteiger partial charge in [-0.25, -0.2) is 4.79 Å². The minimum Gasteiger partial charge on any atom is -0.495 e. The van der Waals surface area contributed by atoms with Crippen molar-refractivity contribution in [3.05, 3.63) is 47.7 Å². The SMILES string of the molecule is C=C(C)OCCOC(=O)c1ccccc1C=O. The smallest absolute Gasteiger partial charge is 0.338 e. The predicted octanol–water partition coefficient (Wildman–Crippen LogP) is 2.21. The first-order valence-electron chi connectivity index (χ1n) is 5.15. The van der Waals surface area contributed by atoms with E-state index < -0.39 is 5.97 Å². The van der Waals surface area contributed by atoms with E-state index in [9.17, 15) is 9.59 Å². The molecule has 0 atom stereocenters. The van der Waals surface area contributed by atoms with Crippen LogP contribution in [0.25, 0.3) is 0 Å². The summed E-state index contributed by atoms with van der Waals surface area (Å²) in [6, 6.07) is 6.47. The number of allylic oxidation sites excluding steroid dienone is 1. The van der Waals surface area contributed by atoms with Crippen LogP contribution in [0.4, 0.5) is 0 Å². The molecule has 1 rings (SSSR count). The van der Waals surface area contributed by atoms with Gasteiger partial charge in [-0.15, -0.1) is 0 Å². The number of carbonyl (C=O) groups excluding carboxylic acids is 2. The zero-order chi connectivity index (χ0) is 12.7. The van der Waals surface area contributed by atoms with Gasteiger partial charge < -0.3 is 9.47 Å². The molecule has 0 fully saturated rings. The van der Waals surface area contributed by atoms with Gasteiger partial charge in [-0.2, -0.15) is 0 Å². The van der Waals surface area contributed by atoms with E-state index in [2.05, 4.69) is 6.58 Å². The summed E-state index contributed by atoms with van der Waals surface area (Å²) in [6.07, 6.45) is 0.626. The number of esters is 1. The number of hydrogen-bond donors (Lipinski definition) is 0.